The van der Waals surface area contributed by atoms with Crippen molar-refractivity contribution in [2.45, 2.75) is 0 Å². The van der Waals surface area contributed by atoms with Crippen LogP contribution in [0.1, 0.15) is 10.5 Å². The number of aromatic hydroxyl groups is 1. The minimum Gasteiger partial charge on any atom is -0.505 e. The molecule has 1 aromatic rings. The molecule has 12 heavy (non-hydrogen) atoms. The van der Waals surface area contributed by atoms with E-state index in [1.165, 1.54) is 0 Å². The molecule has 0 radical (unpaired) electrons. The number of aromatic amines is 1. The lowest BCUT2D eigenvalue weighted by molar-refractivity contribution is 0.0590. The van der Waals surface area contributed by atoms with E-state index in [2.05, 4.69) is 9.72 Å². The number of aromatic nitrogens is 1. The van der Waals surface area contributed by atoms with Crippen LogP contribution in [0.4, 0.5) is 0 Å². The molecule has 0 saturated heterocycles. The molecule has 0 aliphatic heterocycles. The van der Waals surface area contributed by atoms with Crippen LogP contribution in [-0.2, 0) is 4.74 Å². The molecule has 2 N–H and O–H groups in total. The fourth-order valence-corrected chi connectivity index (χ4v) is 0.725. The molecule has 5 heteroatoms. The number of H-pyrrole nitrogens is 1. The summed E-state index contributed by atoms with van der Waals surface area (Å²) >= 11 is 0. The van der Waals surface area contributed by atoms with E-state index >= 15 is 0 Å². The Kier molecular flexibility index (Phi) is 2.14. The lowest BCUT2D eigenvalue weighted by Gasteiger charge is -1.99. The average Bonchev–Trinajstić information content (AvgIpc) is 2.08. The smallest absolute Gasteiger partial charge is 0.358 e. The van der Waals surface area contributed by atoms with Gasteiger partial charge in [-0.2, -0.15) is 0 Å². The Labute approximate surface area is 67.6 Å². The molecule has 0 spiro atoms. The van der Waals surface area contributed by atoms with Crippen molar-refractivity contribution < 1.29 is 14.6 Å². The first-order chi connectivity index (χ1) is 5.65. The third-order valence-electron chi connectivity index (χ3n) is 1.29. The van der Waals surface area contributed by atoms with Crippen molar-refractivity contribution in [1.29, 1.82) is 0 Å². The monoisotopic (exact) mass is 169 g/mol. The van der Waals surface area contributed by atoms with Gasteiger partial charge >= 0.3 is 5.97 Å². The predicted molar refractivity (Wildman–Crippen MR) is 40.1 cm³/mol. The van der Waals surface area contributed by atoms with Crippen LogP contribution in [0.2, 0.25) is 0 Å². The number of methoxy groups -OCH3 is 1. The Balaban J connectivity index is 3.22. The number of pyridine rings is 1. The Morgan fingerprint density at radius 1 is 1.58 bits per heavy atom. The number of rotatable bonds is 1. The molecule has 0 saturated carbocycles. The standard InChI is InChI=1S/C7H7NO4/c1-12-7(11)6-4(9)2-3-5(10)8-6/h2-3,9H,1H3,(H,8,10). The molecule has 0 bridgehead atoms. The topological polar surface area (TPSA) is 79.4 Å². The van der Waals surface area contributed by atoms with Gasteiger partial charge in [-0.25, -0.2) is 4.79 Å². The summed E-state index contributed by atoms with van der Waals surface area (Å²) in [6.45, 7) is 0. The van der Waals surface area contributed by atoms with Gasteiger partial charge in [-0.15, -0.1) is 0 Å². The third-order valence-corrected chi connectivity index (χ3v) is 1.29. The second-order valence-electron chi connectivity index (χ2n) is 2.07. The number of carbonyl (C=O) groups excluding carboxylic acids is 1. The Morgan fingerprint density at radius 3 is 2.83 bits per heavy atom. The number of ether oxygens (including phenoxy) is 1. The molecule has 1 rings (SSSR count). The van der Waals surface area contributed by atoms with Crippen LogP contribution in [0.25, 0.3) is 0 Å². The summed E-state index contributed by atoms with van der Waals surface area (Å²) in [5.41, 5.74) is -0.696. The maximum Gasteiger partial charge on any atom is 0.358 e. The second-order valence-corrected chi connectivity index (χ2v) is 2.07. The highest BCUT2D eigenvalue weighted by Gasteiger charge is 2.11. The maximum atomic E-state index is 10.8. The van der Waals surface area contributed by atoms with E-state index in [0.29, 0.717) is 0 Å². The van der Waals surface area contributed by atoms with E-state index < -0.39 is 11.5 Å². The van der Waals surface area contributed by atoms with Crippen molar-refractivity contribution in [3.8, 4) is 5.75 Å². The Morgan fingerprint density at radius 2 is 2.25 bits per heavy atom. The van der Waals surface area contributed by atoms with Gasteiger partial charge in [-0.1, -0.05) is 0 Å². The first-order valence-electron chi connectivity index (χ1n) is 3.15. The van der Waals surface area contributed by atoms with Gasteiger partial charge in [0.1, 0.15) is 5.75 Å². The van der Waals surface area contributed by atoms with Crippen LogP contribution in [0.5, 0.6) is 5.75 Å². The lowest BCUT2D eigenvalue weighted by Crippen LogP contribution is -2.12. The van der Waals surface area contributed by atoms with Gasteiger partial charge in [0, 0.05) is 6.07 Å². The average molecular weight is 169 g/mol. The minimum atomic E-state index is -0.773. The summed E-state index contributed by atoms with van der Waals surface area (Å²) in [6, 6.07) is 2.24. The molecule has 1 heterocycles. The summed E-state index contributed by atoms with van der Waals surface area (Å²) in [7, 11) is 1.16. The van der Waals surface area contributed by atoms with Crippen molar-refractivity contribution in [2.24, 2.45) is 0 Å². The van der Waals surface area contributed by atoms with Crippen LogP contribution < -0.4 is 5.56 Å². The minimum absolute atomic E-state index is 0.231. The number of carbonyl (C=O) groups is 1. The predicted octanol–water partition coefficient (Wildman–Crippen LogP) is -0.133. The van der Waals surface area contributed by atoms with Gasteiger partial charge in [-0.3, -0.25) is 4.79 Å². The lowest BCUT2D eigenvalue weighted by atomic mass is 10.3. The number of esters is 1. The molecule has 1 aromatic heterocycles. The number of hydrogen-bond acceptors (Lipinski definition) is 4. The van der Waals surface area contributed by atoms with Crippen molar-refractivity contribution in [1.82, 2.24) is 4.98 Å². The number of hydrogen-bond donors (Lipinski definition) is 2. The molecule has 64 valence electrons. The molecule has 5 nitrogen and oxygen atoms in total. The molecule has 0 unspecified atom stereocenters. The van der Waals surface area contributed by atoms with E-state index in [-0.39, 0.29) is 11.4 Å². The largest absolute Gasteiger partial charge is 0.505 e. The van der Waals surface area contributed by atoms with Crippen LogP contribution in [0, 0.1) is 0 Å². The van der Waals surface area contributed by atoms with E-state index in [1.807, 2.05) is 0 Å². The van der Waals surface area contributed by atoms with Crippen molar-refractivity contribution in [3.63, 3.8) is 0 Å². The molecule has 0 amide bonds. The van der Waals surface area contributed by atoms with E-state index in [4.69, 9.17) is 5.11 Å². The van der Waals surface area contributed by atoms with Crippen molar-refractivity contribution in [3.05, 3.63) is 28.2 Å². The van der Waals surface area contributed by atoms with Crippen LogP contribution in [-0.4, -0.2) is 23.2 Å². The highest BCUT2D eigenvalue weighted by molar-refractivity contribution is 5.89. The molecule has 0 aromatic carbocycles. The summed E-state index contributed by atoms with van der Waals surface area (Å²) in [6.07, 6.45) is 0. The van der Waals surface area contributed by atoms with Gasteiger partial charge in [-0.05, 0) is 6.07 Å². The summed E-state index contributed by atoms with van der Waals surface area (Å²) in [4.78, 5) is 23.7. The Hall–Kier alpha value is -1.78. The van der Waals surface area contributed by atoms with Gasteiger partial charge < -0.3 is 14.8 Å². The highest BCUT2D eigenvalue weighted by atomic mass is 16.5. The zero-order chi connectivity index (χ0) is 9.14. The van der Waals surface area contributed by atoms with E-state index in [9.17, 15) is 9.59 Å². The molecule has 0 fully saturated rings. The molecule has 0 atom stereocenters. The molecule has 0 aliphatic carbocycles. The molecule has 0 aliphatic rings. The SMILES string of the molecule is COC(=O)c1[nH]c(=O)ccc1O. The first-order valence-corrected chi connectivity index (χ1v) is 3.15. The zero-order valence-electron chi connectivity index (χ0n) is 6.33. The van der Waals surface area contributed by atoms with Crippen LogP contribution in [0.3, 0.4) is 0 Å². The summed E-state index contributed by atoms with van der Waals surface area (Å²) < 4.78 is 4.30. The van der Waals surface area contributed by atoms with Gasteiger partial charge in [0.15, 0.2) is 5.69 Å². The zero-order valence-corrected chi connectivity index (χ0v) is 6.33. The van der Waals surface area contributed by atoms with Crippen LogP contribution >= 0.6 is 0 Å². The van der Waals surface area contributed by atoms with Gasteiger partial charge in [0.2, 0.25) is 5.56 Å². The quantitative estimate of drug-likeness (QED) is 0.574. The normalized spacial score (nSPS) is 9.42. The summed E-state index contributed by atoms with van der Waals surface area (Å²) in [5.74, 6) is -1.08. The van der Waals surface area contributed by atoms with Gasteiger partial charge in [0.25, 0.3) is 0 Å². The number of nitrogens with one attached hydrogen (secondary N) is 1. The Bertz CT molecular complexity index is 355. The van der Waals surface area contributed by atoms with E-state index in [1.54, 1.807) is 0 Å². The van der Waals surface area contributed by atoms with Crippen LogP contribution in [0.15, 0.2) is 16.9 Å². The fraction of sp³-hybridized carbons (Fsp3) is 0.143. The summed E-state index contributed by atoms with van der Waals surface area (Å²) in [5, 5.41) is 9.07. The fourth-order valence-electron chi connectivity index (χ4n) is 0.725. The van der Waals surface area contributed by atoms with E-state index in [0.717, 1.165) is 19.2 Å². The highest BCUT2D eigenvalue weighted by Crippen LogP contribution is 2.10. The molecular weight excluding hydrogens is 162 g/mol. The van der Waals surface area contributed by atoms with Crippen molar-refractivity contribution in [2.75, 3.05) is 7.11 Å². The maximum absolute atomic E-state index is 10.8. The van der Waals surface area contributed by atoms with Gasteiger partial charge in [0.05, 0.1) is 7.11 Å². The third kappa shape index (κ3) is 1.45. The van der Waals surface area contributed by atoms with Crippen molar-refractivity contribution >= 4 is 5.97 Å². The molecular formula is C7H7NO4. The second kappa shape index (κ2) is 3.08. The first kappa shape index (κ1) is 8.32.